The van der Waals surface area contributed by atoms with Crippen LogP contribution in [-0.4, -0.2) is 56.3 Å². The predicted octanol–water partition coefficient (Wildman–Crippen LogP) is 1.46. The molecule has 1 saturated heterocycles. The molecule has 14 heteroatoms. The van der Waals surface area contributed by atoms with E-state index in [4.69, 9.17) is 22.5 Å². The van der Waals surface area contributed by atoms with Crippen LogP contribution in [0.15, 0.2) is 15.8 Å². The summed E-state index contributed by atoms with van der Waals surface area (Å²) < 4.78 is 64.0. The molecule has 0 saturated carbocycles. The van der Waals surface area contributed by atoms with Gasteiger partial charge in [-0.2, -0.15) is 8.42 Å². The van der Waals surface area contributed by atoms with Crippen molar-refractivity contribution in [1.82, 2.24) is 9.55 Å². The first-order valence-electron chi connectivity index (χ1n) is 9.87. The smallest absolute Gasteiger partial charge is 0.349 e. The van der Waals surface area contributed by atoms with Gasteiger partial charge in [0, 0.05) is 18.2 Å². The summed E-state index contributed by atoms with van der Waals surface area (Å²) in [5, 5.41) is 0. The van der Waals surface area contributed by atoms with E-state index < -0.39 is 47.6 Å². The third-order valence-electron chi connectivity index (χ3n) is 4.24. The second-order valence-corrected chi connectivity index (χ2v) is 10.4. The largest absolute Gasteiger partial charge is 0.474 e. The molecule has 1 fully saturated rings. The molecule has 1 aliphatic heterocycles. The van der Waals surface area contributed by atoms with Crippen molar-refractivity contribution in [1.29, 1.82) is 0 Å². The molecule has 0 spiro atoms. The molecule has 0 amide bonds. The van der Waals surface area contributed by atoms with E-state index in [-0.39, 0.29) is 31.8 Å². The molecule has 2 rings (SSSR count). The zero-order valence-corrected chi connectivity index (χ0v) is 19.6. The molecule has 12 nitrogen and oxygen atoms in total. The number of hydrogen-bond donors (Lipinski definition) is 1. The van der Waals surface area contributed by atoms with Gasteiger partial charge >= 0.3 is 13.5 Å². The Hall–Kier alpha value is -1.34. The quantitative estimate of drug-likeness (QED) is 0.341. The van der Waals surface area contributed by atoms with Gasteiger partial charge in [-0.3, -0.25) is 32.1 Å². The van der Waals surface area contributed by atoms with Crippen LogP contribution >= 0.6 is 7.82 Å². The van der Waals surface area contributed by atoms with E-state index in [0.29, 0.717) is 12.8 Å². The third kappa shape index (κ3) is 7.63. The minimum absolute atomic E-state index is 0.0254. The summed E-state index contributed by atoms with van der Waals surface area (Å²) in [6.07, 6.45) is 0.379. The highest BCUT2D eigenvalue weighted by Crippen LogP contribution is 2.50. The van der Waals surface area contributed by atoms with Crippen molar-refractivity contribution in [3.05, 3.63) is 32.6 Å². The summed E-state index contributed by atoms with van der Waals surface area (Å²) in [7, 11) is -7.76. The van der Waals surface area contributed by atoms with Crippen LogP contribution in [0.1, 0.15) is 44.9 Å². The molecule has 2 heterocycles. The summed E-state index contributed by atoms with van der Waals surface area (Å²) in [6, 6.07) is 0. The average Bonchev–Trinajstić information content (AvgIpc) is 3.07. The lowest BCUT2D eigenvalue weighted by molar-refractivity contribution is -0.0438. The summed E-state index contributed by atoms with van der Waals surface area (Å²) >= 11 is 0. The van der Waals surface area contributed by atoms with E-state index in [1.807, 2.05) is 13.8 Å². The van der Waals surface area contributed by atoms with Crippen LogP contribution in [0, 0.1) is 6.92 Å². The lowest BCUT2D eigenvalue weighted by atomic mass is 10.2. The summed E-state index contributed by atoms with van der Waals surface area (Å²) in [6.45, 7) is 5.10. The number of ether oxygens (including phenoxy) is 1. The molecular weight excluding hydrogens is 455 g/mol. The summed E-state index contributed by atoms with van der Waals surface area (Å²) in [5.74, 6) is 0. The number of phosphoric ester groups is 1. The lowest BCUT2D eigenvalue weighted by Crippen LogP contribution is -2.33. The number of aromatic nitrogens is 2. The highest BCUT2D eigenvalue weighted by atomic mass is 32.2. The highest BCUT2D eigenvalue weighted by Gasteiger charge is 2.41. The Morgan fingerprint density at radius 1 is 1.19 bits per heavy atom. The first-order valence-corrected chi connectivity index (χ1v) is 13.1. The second-order valence-electron chi connectivity index (χ2n) is 7.09. The maximum absolute atomic E-state index is 12.8. The standard InChI is InChI=1S/C17H29N2O10PS/c1-5-7-25-30(22,26-8-6-2)27-11-14-13(29-31(4,23)24)9-15(28-14)19-10-12(3)16(20)18-17(19)21/h10,13-15H,5-9,11H2,1-4H3,(H,18,20,21)/t13-,14+,15+/m0/s1. The van der Waals surface area contributed by atoms with Crippen LogP contribution in [0.2, 0.25) is 0 Å². The monoisotopic (exact) mass is 484 g/mol. The SMILES string of the molecule is CCCOP(=O)(OCCC)OC[C@H]1O[C@@H](n2cc(C)c(=O)[nH]c2=O)C[C@@H]1OS(C)(=O)=O. The van der Waals surface area contributed by atoms with Crippen LogP contribution in [0.4, 0.5) is 0 Å². The second kappa shape index (κ2) is 11.0. The van der Waals surface area contributed by atoms with Gasteiger partial charge in [0.1, 0.15) is 18.4 Å². The number of H-pyrrole nitrogens is 1. The molecule has 31 heavy (non-hydrogen) atoms. The first-order chi connectivity index (χ1) is 14.5. The number of nitrogens with zero attached hydrogens (tertiary/aromatic N) is 1. The van der Waals surface area contributed by atoms with E-state index in [1.165, 1.54) is 13.1 Å². The van der Waals surface area contributed by atoms with Gasteiger partial charge in [-0.15, -0.1) is 0 Å². The Labute approximate surface area is 180 Å². The molecule has 0 radical (unpaired) electrons. The minimum Gasteiger partial charge on any atom is -0.349 e. The topological polar surface area (TPSA) is 152 Å². The molecule has 0 unspecified atom stereocenters. The van der Waals surface area contributed by atoms with Crippen LogP contribution in [0.3, 0.4) is 0 Å². The van der Waals surface area contributed by atoms with E-state index in [1.54, 1.807) is 0 Å². The number of rotatable bonds is 12. The van der Waals surface area contributed by atoms with Gasteiger partial charge in [-0.05, 0) is 19.8 Å². The predicted molar refractivity (Wildman–Crippen MR) is 110 cm³/mol. The van der Waals surface area contributed by atoms with E-state index in [0.717, 1.165) is 10.8 Å². The molecule has 0 aliphatic carbocycles. The lowest BCUT2D eigenvalue weighted by Gasteiger charge is -2.22. The van der Waals surface area contributed by atoms with Crippen LogP contribution < -0.4 is 11.2 Å². The molecule has 1 aromatic rings. The van der Waals surface area contributed by atoms with Gasteiger partial charge in [0.05, 0.1) is 26.1 Å². The highest BCUT2D eigenvalue weighted by molar-refractivity contribution is 7.86. The van der Waals surface area contributed by atoms with E-state index >= 15 is 0 Å². The Balaban J connectivity index is 2.22. The minimum atomic E-state index is -3.90. The summed E-state index contributed by atoms with van der Waals surface area (Å²) in [4.78, 5) is 26.0. The van der Waals surface area contributed by atoms with Crippen LogP contribution in [0.25, 0.3) is 0 Å². The van der Waals surface area contributed by atoms with Crippen molar-refractivity contribution in [2.75, 3.05) is 26.1 Å². The maximum atomic E-state index is 12.8. The number of aryl methyl sites for hydroxylation is 1. The number of hydrogen-bond acceptors (Lipinski definition) is 10. The number of aromatic amines is 1. The van der Waals surface area contributed by atoms with Crippen LogP contribution in [-0.2, 0) is 37.2 Å². The first kappa shape index (κ1) is 25.9. The van der Waals surface area contributed by atoms with Crippen molar-refractivity contribution >= 4 is 17.9 Å². The van der Waals surface area contributed by atoms with Crippen LogP contribution in [0.5, 0.6) is 0 Å². The van der Waals surface area contributed by atoms with E-state index in [2.05, 4.69) is 4.98 Å². The van der Waals surface area contributed by atoms with Gasteiger partial charge in [0.25, 0.3) is 15.7 Å². The van der Waals surface area contributed by atoms with Gasteiger partial charge in [-0.25, -0.2) is 9.36 Å². The number of phosphoric acid groups is 1. The molecule has 1 aromatic heterocycles. The Morgan fingerprint density at radius 3 is 2.35 bits per heavy atom. The van der Waals surface area contributed by atoms with Crippen molar-refractivity contribution in [2.24, 2.45) is 0 Å². The molecule has 1 aliphatic rings. The summed E-state index contributed by atoms with van der Waals surface area (Å²) in [5.41, 5.74) is -0.984. The fourth-order valence-electron chi connectivity index (χ4n) is 2.83. The molecule has 3 atom stereocenters. The average molecular weight is 484 g/mol. The third-order valence-corrected chi connectivity index (χ3v) is 6.30. The zero-order valence-electron chi connectivity index (χ0n) is 17.9. The Bertz CT molecular complexity index is 993. The molecule has 0 aromatic carbocycles. The van der Waals surface area contributed by atoms with Gasteiger partial charge in [-0.1, -0.05) is 13.8 Å². The molecule has 1 N–H and O–H groups in total. The Kier molecular flexibility index (Phi) is 9.19. The normalized spacial score (nSPS) is 22.1. The maximum Gasteiger partial charge on any atom is 0.474 e. The number of nitrogens with one attached hydrogen (secondary N) is 1. The van der Waals surface area contributed by atoms with E-state index in [9.17, 15) is 22.6 Å². The van der Waals surface area contributed by atoms with Gasteiger partial charge in [0.2, 0.25) is 0 Å². The van der Waals surface area contributed by atoms with Gasteiger partial charge in [0.15, 0.2) is 0 Å². The van der Waals surface area contributed by atoms with Crippen molar-refractivity contribution < 1.29 is 35.5 Å². The zero-order chi connectivity index (χ0) is 23.2. The van der Waals surface area contributed by atoms with Crippen molar-refractivity contribution in [3.8, 4) is 0 Å². The fraction of sp³-hybridized carbons (Fsp3) is 0.765. The molecule has 0 bridgehead atoms. The van der Waals surface area contributed by atoms with Gasteiger partial charge < -0.3 is 4.74 Å². The fourth-order valence-corrected chi connectivity index (χ4v) is 4.85. The van der Waals surface area contributed by atoms with Crippen molar-refractivity contribution in [2.45, 2.75) is 58.5 Å². The van der Waals surface area contributed by atoms with Crippen molar-refractivity contribution in [3.63, 3.8) is 0 Å². The molecule has 178 valence electrons. The Morgan fingerprint density at radius 2 is 1.81 bits per heavy atom. The molecular formula is C17H29N2O10PS.